The molecule has 0 unspecified atom stereocenters. The predicted octanol–water partition coefficient (Wildman–Crippen LogP) is 2.72. The minimum atomic E-state index is -0.528. The molecule has 5 nitrogen and oxygen atoms in total. The molecule has 24 heavy (non-hydrogen) atoms. The zero-order valence-electron chi connectivity index (χ0n) is 14.7. The van der Waals surface area contributed by atoms with Crippen molar-refractivity contribution in [2.75, 3.05) is 32.8 Å². The molecule has 132 valence electrons. The number of nitrogens with one attached hydrogen (secondary N) is 1. The highest BCUT2D eigenvalue weighted by molar-refractivity contribution is 5.74. The Morgan fingerprint density at radius 3 is 2.83 bits per heavy atom. The molecule has 0 radical (unpaired) electrons. The number of ether oxygens (including phenoxy) is 2. The number of likely N-dealkylation sites (tertiary alicyclic amines) is 1. The van der Waals surface area contributed by atoms with E-state index in [0.29, 0.717) is 26.3 Å². The van der Waals surface area contributed by atoms with Crippen molar-refractivity contribution in [3.63, 3.8) is 0 Å². The molecule has 1 N–H and O–H groups in total. The Balaban J connectivity index is 1.49. The van der Waals surface area contributed by atoms with Crippen LogP contribution < -0.4 is 5.32 Å². The largest absolute Gasteiger partial charge is 0.347 e. The van der Waals surface area contributed by atoms with Gasteiger partial charge in [-0.1, -0.05) is 24.3 Å². The third-order valence-corrected chi connectivity index (χ3v) is 5.24. The number of rotatable bonds is 4. The first-order valence-corrected chi connectivity index (χ1v) is 8.94. The number of nitrogens with zero attached hydrogens (tertiary/aromatic N) is 1. The SMILES string of the molecule is Cc1ccccc1CCNC(=O)N1CCC[C@H](C2(C)OCCO2)C1. The Labute approximate surface area is 144 Å². The van der Waals surface area contributed by atoms with Crippen molar-refractivity contribution in [3.8, 4) is 0 Å². The van der Waals surface area contributed by atoms with Gasteiger partial charge >= 0.3 is 6.03 Å². The van der Waals surface area contributed by atoms with Gasteiger partial charge in [0.25, 0.3) is 0 Å². The van der Waals surface area contributed by atoms with Gasteiger partial charge in [-0.05, 0) is 44.2 Å². The monoisotopic (exact) mass is 332 g/mol. The Hall–Kier alpha value is -1.59. The molecule has 2 aliphatic heterocycles. The molecular formula is C19H28N2O3. The van der Waals surface area contributed by atoms with Crippen LogP contribution >= 0.6 is 0 Å². The molecule has 5 heteroatoms. The second kappa shape index (κ2) is 7.53. The molecule has 0 aliphatic carbocycles. The lowest BCUT2D eigenvalue weighted by Gasteiger charge is -2.39. The van der Waals surface area contributed by atoms with E-state index in [1.54, 1.807) is 0 Å². The highest BCUT2D eigenvalue weighted by atomic mass is 16.7. The molecule has 2 saturated heterocycles. The fourth-order valence-electron chi connectivity index (χ4n) is 3.66. The second-order valence-corrected chi connectivity index (χ2v) is 6.91. The zero-order chi connectivity index (χ0) is 17.0. The average molecular weight is 332 g/mol. The van der Waals surface area contributed by atoms with E-state index in [-0.39, 0.29) is 11.9 Å². The lowest BCUT2D eigenvalue weighted by Crippen LogP contribution is -2.51. The molecule has 1 aromatic carbocycles. The first-order valence-electron chi connectivity index (χ1n) is 8.94. The maximum absolute atomic E-state index is 12.5. The van der Waals surface area contributed by atoms with E-state index in [1.165, 1.54) is 11.1 Å². The second-order valence-electron chi connectivity index (χ2n) is 6.91. The first kappa shape index (κ1) is 17.2. The Morgan fingerprint density at radius 1 is 1.33 bits per heavy atom. The molecule has 0 aromatic heterocycles. The number of amides is 2. The average Bonchev–Trinajstić information content (AvgIpc) is 3.05. The maximum atomic E-state index is 12.5. The molecule has 1 atom stereocenters. The van der Waals surface area contributed by atoms with Crippen LogP contribution in [0.5, 0.6) is 0 Å². The summed E-state index contributed by atoms with van der Waals surface area (Å²) in [5.41, 5.74) is 2.56. The van der Waals surface area contributed by atoms with E-state index >= 15 is 0 Å². The van der Waals surface area contributed by atoms with Gasteiger partial charge < -0.3 is 19.7 Å². The van der Waals surface area contributed by atoms with E-state index in [9.17, 15) is 4.79 Å². The summed E-state index contributed by atoms with van der Waals surface area (Å²) in [6, 6.07) is 8.33. The number of hydrogen-bond donors (Lipinski definition) is 1. The molecule has 0 saturated carbocycles. The molecule has 0 bridgehead atoms. The molecular weight excluding hydrogens is 304 g/mol. The van der Waals surface area contributed by atoms with Crippen molar-refractivity contribution in [3.05, 3.63) is 35.4 Å². The van der Waals surface area contributed by atoms with Crippen LogP contribution in [0.4, 0.5) is 4.79 Å². The van der Waals surface area contributed by atoms with Crippen LogP contribution in [0.25, 0.3) is 0 Å². The van der Waals surface area contributed by atoms with Crippen LogP contribution in [-0.4, -0.2) is 49.6 Å². The standard InChI is InChI=1S/C19H28N2O3/c1-15-6-3-4-7-16(15)9-10-20-18(22)21-11-5-8-17(14-21)19(2)23-12-13-24-19/h3-4,6-7,17H,5,8-14H2,1-2H3,(H,20,22)/t17-/m0/s1. The van der Waals surface area contributed by atoms with Crippen molar-refractivity contribution in [1.82, 2.24) is 10.2 Å². The van der Waals surface area contributed by atoms with Crippen LogP contribution in [0.1, 0.15) is 30.9 Å². The number of urea groups is 1. The van der Waals surface area contributed by atoms with Crippen molar-refractivity contribution in [1.29, 1.82) is 0 Å². The van der Waals surface area contributed by atoms with E-state index < -0.39 is 5.79 Å². The third kappa shape index (κ3) is 3.90. The van der Waals surface area contributed by atoms with Crippen LogP contribution in [0.15, 0.2) is 24.3 Å². The summed E-state index contributed by atoms with van der Waals surface area (Å²) in [6.07, 6.45) is 2.90. The minimum Gasteiger partial charge on any atom is -0.347 e. The van der Waals surface area contributed by atoms with Crippen molar-refractivity contribution < 1.29 is 14.3 Å². The summed E-state index contributed by atoms with van der Waals surface area (Å²) in [7, 11) is 0. The van der Waals surface area contributed by atoms with E-state index in [2.05, 4.69) is 24.4 Å². The van der Waals surface area contributed by atoms with Gasteiger partial charge in [0.1, 0.15) is 0 Å². The number of aryl methyl sites for hydroxylation is 1. The van der Waals surface area contributed by atoms with Gasteiger partial charge in [0.05, 0.1) is 13.2 Å². The number of hydrogen-bond acceptors (Lipinski definition) is 3. The van der Waals surface area contributed by atoms with E-state index in [0.717, 1.165) is 25.8 Å². The highest BCUT2D eigenvalue weighted by Crippen LogP contribution is 2.34. The summed E-state index contributed by atoms with van der Waals surface area (Å²) in [5, 5.41) is 3.06. The number of carbonyl (C=O) groups excluding carboxylic acids is 1. The summed E-state index contributed by atoms with van der Waals surface area (Å²) >= 11 is 0. The lowest BCUT2D eigenvalue weighted by atomic mass is 9.90. The number of benzene rings is 1. The number of piperidine rings is 1. The molecule has 0 spiro atoms. The van der Waals surface area contributed by atoms with E-state index in [1.807, 2.05) is 24.0 Å². The van der Waals surface area contributed by atoms with Gasteiger partial charge in [-0.15, -0.1) is 0 Å². The molecule has 2 heterocycles. The molecule has 1 aromatic rings. The van der Waals surface area contributed by atoms with Gasteiger partial charge in [-0.25, -0.2) is 4.79 Å². The first-order chi connectivity index (χ1) is 11.6. The molecule has 2 amide bonds. The van der Waals surface area contributed by atoms with Crippen molar-refractivity contribution in [2.45, 2.75) is 38.9 Å². The predicted molar refractivity (Wildman–Crippen MR) is 92.9 cm³/mol. The smallest absolute Gasteiger partial charge is 0.317 e. The molecule has 2 aliphatic rings. The number of carbonyl (C=O) groups is 1. The van der Waals surface area contributed by atoms with Gasteiger partial charge in [0, 0.05) is 25.6 Å². The Kier molecular flexibility index (Phi) is 5.41. The Morgan fingerprint density at radius 2 is 2.08 bits per heavy atom. The van der Waals surface area contributed by atoms with Crippen LogP contribution in [0.2, 0.25) is 0 Å². The summed E-state index contributed by atoms with van der Waals surface area (Å²) in [6.45, 7) is 7.58. The third-order valence-electron chi connectivity index (χ3n) is 5.24. The maximum Gasteiger partial charge on any atom is 0.317 e. The van der Waals surface area contributed by atoms with Gasteiger partial charge in [0.2, 0.25) is 0 Å². The fourth-order valence-corrected chi connectivity index (χ4v) is 3.66. The summed E-state index contributed by atoms with van der Waals surface area (Å²) in [5.74, 6) is -0.282. The lowest BCUT2D eigenvalue weighted by molar-refractivity contribution is -0.189. The van der Waals surface area contributed by atoms with Gasteiger partial charge in [-0.2, -0.15) is 0 Å². The molecule has 3 rings (SSSR count). The fraction of sp³-hybridized carbons (Fsp3) is 0.632. The Bertz CT molecular complexity index is 569. The van der Waals surface area contributed by atoms with Crippen LogP contribution in [0.3, 0.4) is 0 Å². The topological polar surface area (TPSA) is 50.8 Å². The van der Waals surface area contributed by atoms with Crippen molar-refractivity contribution in [2.24, 2.45) is 5.92 Å². The molecule has 2 fully saturated rings. The summed E-state index contributed by atoms with van der Waals surface area (Å²) < 4.78 is 11.6. The van der Waals surface area contributed by atoms with Crippen LogP contribution in [-0.2, 0) is 15.9 Å². The zero-order valence-corrected chi connectivity index (χ0v) is 14.7. The minimum absolute atomic E-state index is 0.0230. The van der Waals surface area contributed by atoms with Gasteiger partial charge in [-0.3, -0.25) is 0 Å². The quantitative estimate of drug-likeness (QED) is 0.922. The van der Waals surface area contributed by atoms with Gasteiger partial charge in [0.15, 0.2) is 5.79 Å². The van der Waals surface area contributed by atoms with Crippen molar-refractivity contribution >= 4 is 6.03 Å². The van der Waals surface area contributed by atoms with E-state index in [4.69, 9.17) is 9.47 Å². The summed E-state index contributed by atoms with van der Waals surface area (Å²) in [4.78, 5) is 14.4. The highest BCUT2D eigenvalue weighted by Gasteiger charge is 2.42. The van der Waals surface area contributed by atoms with Crippen LogP contribution in [0, 0.1) is 12.8 Å². The normalized spacial score (nSPS) is 23.2.